The highest BCUT2D eigenvalue weighted by Crippen LogP contribution is 2.51. The molecule has 2 aromatic carbocycles. The summed E-state index contributed by atoms with van der Waals surface area (Å²) in [6.45, 7) is 5.52. The first-order chi connectivity index (χ1) is 15.4. The van der Waals surface area contributed by atoms with Crippen molar-refractivity contribution in [2.45, 2.75) is 44.1 Å². The number of benzene rings is 2. The van der Waals surface area contributed by atoms with E-state index in [-0.39, 0.29) is 17.0 Å². The Kier molecular flexibility index (Phi) is 5.09. The van der Waals surface area contributed by atoms with Crippen LogP contribution in [0.4, 0.5) is 4.39 Å². The lowest BCUT2D eigenvalue weighted by Crippen LogP contribution is -2.33. The molecule has 32 heavy (non-hydrogen) atoms. The van der Waals surface area contributed by atoms with Crippen molar-refractivity contribution in [1.82, 2.24) is 9.88 Å². The zero-order chi connectivity index (χ0) is 22.5. The van der Waals surface area contributed by atoms with Gasteiger partial charge in [0.15, 0.2) is 0 Å². The Bertz CT molecular complexity index is 1170. The number of amides is 1. The summed E-state index contributed by atoms with van der Waals surface area (Å²) >= 11 is 0. The van der Waals surface area contributed by atoms with Crippen molar-refractivity contribution in [3.63, 3.8) is 0 Å². The van der Waals surface area contributed by atoms with Gasteiger partial charge in [-0.15, -0.1) is 0 Å². The van der Waals surface area contributed by atoms with Crippen LogP contribution in [0, 0.1) is 5.82 Å². The molecule has 1 aliphatic heterocycles. The number of halogens is 1. The third kappa shape index (κ3) is 3.41. The maximum absolute atomic E-state index is 13.2. The molecule has 2 heterocycles. The SMILES string of the molecule is CC(C)c1ccccc1-c1ccc2c(c1)C(O)CC21CCN(C(=O)c2ccc(F)cn2)C1. The molecule has 0 saturated carbocycles. The van der Waals surface area contributed by atoms with Gasteiger partial charge >= 0.3 is 0 Å². The molecule has 2 unspecified atom stereocenters. The quantitative estimate of drug-likeness (QED) is 0.619. The first-order valence-corrected chi connectivity index (χ1v) is 11.2. The van der Waals surface area contributed by atoms with Crippen LogP contribution in [0.1, 0.15) is 65.9 Å². The Morgan fingerprint density at radius 3 is 2.75 bits per heavy atom. The van der Waals surface area contributed by atoms with Crippen LogP contribution in [-0.2, 0) is 5.41 Å². The molecule has 0 bridgehead atoms. The summed E-state index contributed by atoms with van der Waals surface area (Å²) in [5.74, 6) is -0.236. The molecule has 4 nitrogen and oxygen atoms in total. The minimum Gasteiger partial charge on any atom is -0.388 e. The number of aromatic nitrogens is 1. The molecule has 0 radical (unpaired) electrons. The van der Waals surface area contributed by atoms with Crippen molar-refractivity contribution < 1.29 is 14.3 Å². The van der Waals surface area contributed by atoms with Crippen LogP contribution >= 0.6 is 0 Å². The van der Waals surface area contributed by atoms with Gasteiger partial charge in [-0.3, -0.25) is 4.79 Å². The van der Waals surface area contributed by atoms with Gasteiger partial charge in [0.25, 0.3) is 5.91 Å². The Balaban J connectivity index is 1.45. The average Bonchev–Trinajstić information content (AvgIpc) is 3.34. The predicted molar refractivity (Wildman–Crippen MR) is 122 cm³/mol. The van der Waals surface area contributed by atoms with E-state index in [1.807, 2.05) is 0 Å². The predicted octanol–water partition coefficient (Wildman–Crippen LogP) is 5.23. The van der Waals surface area contributed by atoms with E-state index in [2.05, 4.69) is 61.3 Å². The lowest BCUT2D eigenvalue weighted by Gasteiger charge is -2.25. The van der Waals surface area contributed by atoms with Gasteiger partial charge in [0.05, 0.1) is 12.3 Å². The van der Waals surface area contributed by atoms with Crippen LogP contribution in [0.25, 0.3) is 11.1 Å². The lowest BCUT2D eigenvalue weighted by atomic mass is 9.80. The number of hydrogen-bond acceptors (Lipinski definition) is 3. The number of carbonyl (C=O) groups is 1. The molecule has 164 valence electrons. The minimum atomic E-state index is -0.546. The Labute approximate surface area is 187 Å². The van der Waals surface area contributed by atoms with Crippen molar-refractivity contribution in [1.29, 1.82) is 0 Å². The number of likely N-dealkylation sites (tertiary alicyclic amines) is 1. The number of nitrogens with zero attached hydrogens (tertiary/aromatic N) is 2. The number of aliphatic hydroxyl groups excluding tert-OH is 1. The van der Waals surface area contributed by atoms with E-state index in [1.54, 1.807) is 4.90 Å². The second-order valence-corrected chi connectivity index (χ2v) is 9.38. The van der Waals surface area contributed by atoms with Crippen molar-refractivity contribution in [2.24, 2.45) is 0 Å². The fourth-order valence-corrected chi connectivity index (χ4v) is 5.44. The maximum atomic E-state index is 13.2. The van der Waals surface area contributed by atoms with Gasteiger partial charge in [0.2, 0.25) is 0 Å². The van der Waals surface area contributed by atoms with Gasteiger partial charge in [-0.2, -0.15) is 0 Å². The number of fused-ring (bicyclic) bond motifs is 2. The lowest BCUT2D eigenvalue weighted by molar-refractivity contribution is 0.0770. The third-order valence-electron chi connectivity index (χ3n) is 7.05. The molecule has 1 spiro atoms. The normalized spacial score (nSPS) is 22.0. The number of carbonyl (C=O) groups excluding carboxylic acids is 1. The molecule has 1 amide bonds. The summed E-state index contributed by atoms with van der Waals surface area (Å²) in [6.07, 6.45) is 1.93. The van der Waals surface area contributed by atoms with Crippen LogP contribution in [0.15, 0.2) is 60.8 Å². The second-order valence-electron chi connectivity index (χ2n) is 9.38. The number of rotatable bonds is 3. The van der Waals surface area contributed by atoms with Gasteiger partial charge < -0.3 is 10.0 Å². The highest BCUT2D eigenvalue weighted by molar-refractivity contribution is 5.92. The largest absolute Gasteiger partial charge is 0.388 e. The molecule has 1 aromatic heterocycles. The minimum absolute atomic E-state index is 0.188. The monoisotopic (exact) mass is 430 g/mol. The van der Waals surface area contributed by atoms with E-state index >= 15 is 0 Å². The smallest absolute Gasteiger partial charge is 0.272 e. The van der Waals surface area contributed by atoms with E-state index in [4.69, 9.17) is 0 Å². The van der Waals surface area contributed by atoms with E-state index in [1.165, 1.54) is 23.3 Å². The molecular weight excluding hydrogens is 403 g/mol. The summed E-state index contributed by atoms with van der Waals surface area (Å²) in [5, 5.41) is 11.0. The number of aliphatic hydroxyl groups is 1. The molecule has 1 N–H and O–H groups in total. The second kappa shape index (κ2) is 7.82. The van der Waals surface area contributed by atoms with Crippen LogP contribution < -0.4 is 0 Å². The van der Waals surface area contributed by atoms with E-state index in [0.717, 1.165) is 29.3 Å². The fourth-order valence-electron chi connectivity index (χ4n) is 5.44. The van der Waals surface area contributed by atoms with Crippen LogP contribution in [0.2, 0.25) is 0 Å². The van der Waals surface area contributed by atoms with Crippen molar-refractivity contribution in [3.05, 3.63) is 89.0 Å². The molecule has 5 rings (SSSR count). The van der Waals surface area contributed by atoms with Gasteiger partial charge in [0.1, 0.15) is 11.5 Å². The summed E-state index contributed by atoms with van der Waals surface area (Å²) in [5.41, 5.74) is 5.71. The topological polar surface area (TPSA) is 53.4 Å². The average molecular weight is 431 g/mol. The van der Waals surface area contributed by atoms with Gasteiger partial charge in [0, 0.05) is 18.5 Å². The molecule has 2 atom stereocenters. The van der Waals surface area contributed by atoms with Crippen molar-refractivity contribution >= 4 is 5.91 Å². The van der Waals surface area contributed by atoms with Crippen molar-refractivity contribution in [3.8, 4) is 11.1 Å². The zero-order valence-electron chi connectivity index (χ0n) is 18.4. The Hall–Kier alpha value is -3.05. The standard InChI is InChI=1S/C27H27FN2O2/c1-17(2)20-5-3-4-6-21(20)18-7-9-23-22(13-18)25(31)14-27(23)11-12-30(16-27)26(32)24-10-8-19(28)15-29-24/h3-10,13,15,17,25,31H,11-12,14,16H2,1-2H3. The number of pyridine rings is 1. The number of hydrogen-bond donors (Lipinski definition) is 1. The first-order valence-electron chi connectivity index (χ1n) is 11.2. The maximum Gasteiger partial charge on any atom is 0.272 e. The Morgan fingerprint density at radius 1 is 1.19 bits per heavy atom. The van der Waals surface area contributed by atoms with Crippen molar-refractivity contribution in [2.75, 3.05) is 13.1 Å². The summed E-state index contributed by atoms with van der Waals surface area (Å²) < 4.78 is 13.2. The Morgan fingerprint density at radius 2 is 2.00 bits per heavy atom. The van der Waals surface area contributed by atoms with E-state index in [9.17, 15) is 14.3 Å². The van der Waals surface area contributed by atoms with Crippen LogP contribution in [-0.4, -0.2) is 34.0 Å². The summed E-state index contributed by atoms with van der Waals surface area (Å²) in [6, 6.07) is 17.5. The summed E-state index contributed by atoms with van der Waals surface area (Å²) in [7, 11) is 0. The molecule has 1 saturated heterocycles. The van der Waals surface area contributed by atoms with Gasteiger partial charge in [-0.25, -0.2) is 9.37 Å². The van der Waals surface area contributed by atoms with E-state index < -0.39 is 11.9 Å². The van der Waals surface area contributed by atoms with Crippen LogP contribution in [0.3, 0.4) is 0 Å². The highest BCUT2D eigenvalue weighted by atomic mass is 19.1. The third-order valence-corrected chi connectivity index (χ3v) is 7.05. The molecule has 2 aliphatic rings. The van der Waals surface area contributed by atoms with Gasteiger partial charge in [-0.1, -0.05) is 50.2 Å². The summed E-state index contributed by atoms with van der Waals surface area (Å²) in [4.78, 5) is 18.6. The molecule has 1 fully saturated rings. The highest BCUT2D eigenvalue weighted by Gasteiger charge is 2.48. The fraction of sp³-hybridized carbons (Fsp3) is 0.333. The van der Waals surface area contributed by atoms with E-state index in [0.29, 0.717) is 25.4 Å². The molecule has 3 aromatic rings. The van der Waals surface area contributed by atoms with Crippen LogP contribution in [0.5, 0.6) is 0 Å². The molecule has 1 aliphatic carbocycles. The molecule has 5 heteroatoms. The first kappa shape index (κ1) is 20.8. The van der Waals surface area contributed by atoms with Gasteiger partial charge in [-0.05, 0) is 64.8 Å². The molecular formula is C27H27FN2O2. The zero-order valence-corrected chi connectivity index (χ0v) is 18.4.